The van der Waals surface area contributed by atoms with Crippen LogP contribution in [0.1, 0.15) is 23.2 Å². The van der Waals surface area contributed by atoms with E-state index in [0.29, 0.717) is 5.02 Å². The summed E-state index contributed by atoms with van der Waals surface area (Å²) in [4.78, 5) is 13.5. The lowest BCUT2D eigenvalue weighted by Crippen LogP contribution is -2.34. The van der Waals surface area contributed by atoms with Crippen LogP contribution in [0.25, 0.3) is 0 Å². The van der Waals surface area contributed by atoms with Gasteiger partial charge in [-0.2, -0.15) is 5.26 Å². The Morgan fingerprint density at radius 3 is 2.88 bits per heavy atom. The van der Waals surface area contributed by atoms with E-state index in [9.17, 15) is 9.18 Å². The topological polar surface area (TPSA) is 44.1 Å². The molecule has 0 radical (unpaired) electrons. The van der Waals surface area contributed by atoms with Gasteiger partial charge in [-0.05, 0) is 31.0 Å². The molecule has 0 bridgehead atoms. The second kappa shape index (κ2) is 4.72. The zero-order chi connectivity index (χ0) is 12.4. The summed E-state index contributed by atoms with van der Waals surface area (Å²) in [5, 5.41) is 8.98. The van der Waals surface area contributed by atoms with Crippen molar-refractivity contribution in [3.05, 3.63) is 34.6 Å². The Morgan fingerprint density at radius 1 is 1.59 bits per heavy atom. The SMILES string of the molecule is N#CCN(C(=O)c1cc(Cl)ccc1F)C1CC1. The lowest BCUT2D eigenvalue weighted by Gasteiger charge is -2.19. The summed E-state index contributed by atoms with van der Waals surface area (Å²) < 4.78 is 13.5. The quantitative estimate of drug-likeness (QED) is 0.776. The Bertz CT molecular complexity index is 494. The van der Waals surface area contributed by atoms with Gasteiger partial charge in [0, 0.05) is 11.1 Å². The smallest absolute Gasteiger partial charge is 0.257 e. The standard InChI is InChI=1S/C12H10ClFN2O/c13-8-1-4-11(14)10(7-8)12(17)16(6-5-15)9-2-3-9/h1,4,7,9H,2-3,6H2. The lowest BCUT2D eigenvalue weighted by molar-refractivity contribution is 0.0760. The van der Waals surface area contributed by atoms with Gasteiger partial charge in [0.15, 0.2) is 0 Å². The average molecular weight is 253 g/mol. The van der Waals surface area contributed by atoms with E-state index in [1.807, 2.05) is 6.07 Å². The first-order valence-corrected chi connectivity index (χ1v) is 5.64. The largest absolute Gasteiger partial charge is 0.322 e. The van der Waals surface area contributed by atoms with Gasteiger partial charge in [-0.1, -0.05) is 11.6 Å². The molecule has 0 heterocycles. The fourth-order valence-corrected chi connectivity index (χ4v) is 1.82. The molecular formula is C12H10ClFN2O. The molecule has 0 spiro atoms. The highest BCUT2D eigenvalue weighted by molar-refractivity contribution is 6.31. The highest BCUT2D eigenvalue weighted by Crippen LogP contribution is 2.28. The molecule has 3 nitrogen and oxygen atoms in total. The molecule has 1 saturated carbocycles. The van der Waals surface area contributed by atoms with Crippen molar-refractivity contribution in [1.29, 1.82) is 5.26 Å². The van der Waals surface area contributed by atoms with Crippen LogP contribution < -0.4 is 0 Å². The zero-order valence-electron chi connectivity index (χ0n) is 8.99. The third-order valence-corrected chi connectivity index (χ3v) is 2.88. The van der Waals surface area contributed by atoms with Crippen molar-refractivity contribution in [2.24, 2.45) is 0 Å². The third kappa shape index (κ3) is 2.56. The van der Waals surface area contributed by atoms with E-state index in [1.165, 1.54) is 17.0 Å². The number of hydrogen-bond acceptors (Lipinski definition) is 2. The summed E-state index contributed by atoms with van der Waals surface area (Å²) in [5.74, 6) is -1.07. The average Bonchev–Trinajstić information content (AvgIpc) is 3.12. The van der Waals surface area contributed by atoms with E-state index in [4.69, 9.17) is 16.9 Å². The maximum Gasteiger partial charge on any atom is 0.257 e. The lowest BCUT2D eigenvalue weighted by atomic mass is 10.2. The second-order valence-corrected chi connectivity index (χ2v) is 4.38. The van der Waals surface area contributed by atoms with Crippen LogP contribution >= 0.6 is 11.6 Å². The molecule has 0 saturated heterocycles. The van der Waals surface area contributed by atoms with Gasteiger partial charge in [-0.3, -0.25) is 4.79 Å². The van der Waals surface area contributed by atoms with Gasteiger partial charge in [0.25, 0.3) is 5.91 Å². The Morgan fingerprint density at radius 2 is 2.29 bits per heavy atom. The number of nitriles is 1. The van der Waals surface area contributed by atoms with Gasteiger partial charge < -0.3 is 4.90 Å². The van der Waals surface area contributed by atoms with Gasteiger partial charge in [-0.25, -0.2) is 4.39 Å². The first-order valence-electron chi connectivity index (χ1n) is 5.26. The summed E-state index contributed by atoms with van der Waals surface area (Å²) in [6.07, 6.45) is 1.74. The summed E-state index contributed by atoms with van der Waals surface area (Å²) in [6, 6.07) is 5.84. The highest BCUT2D eigenvalue weighted by Gasteiger charge is 2.33. The van der Waals surface area contributed by atoms with Gasteiger partial charge in [0.2, 0.25) is 0 Å². The Balaban J connectivity index is 2.28. The third-order valence-electron chi connectivity index (χ3n) is 2.65. The molecule has 17 heavy (non-hydrogen) atoms. The van der Waals surface area contributed by atoms with Crippen LogP contribution in [0, 0.1) is 17.1 Å². The molecule has 2 rings (SSSR count). The van der Waals surface area contributed by atoms with Crippen molar-refractivity contribution in [2.45, 2.75) is 18.9 Å². The van der Waals surface area contributed by atoms with Crippen molar-refractivity contribution < 1.29 is 9.18 Å². The van der Waals surface area contributed by atoms with Gasteiger partial charge in [0.05, 0.1) is 11.6 Å². The number of rotatable bonds is 3. The van der Waals surface area contributed by atoms with Gasteiger partial charge in [-0.15, -0.1) is 0 Å². The molecule has 1 amide bonds. The zero-order valence-corrected chi connectivity index (χ0v) is 9.75. The number of carbonyl (C=O) groups excluding carboxylic acids is 1. The molecule has 0 N–H and O–H groups in total. The van der Waals surface area contributed by atoms with Crippen molar-refractivity contribution in [3.8, 4) is 6.07 Å². The van der Waals surface area contributed by atoms with Crippen molar-refractivity contribution >= 4 is 17.5 Å². The maximum atomic E-state index is 13.5. The molecule has 1 aliphatic rings. The van der Waals surface area contributed by atoms with E-state index in [1.54, 1.807) is 0 Å². The Labute approximate surface area is 103 Å². The van der Waals surface area contributed by atoms with Crippen LogP contribution in [0.5, 0.6) is 0 Å². The van der Waals surface area contributed by atoms with E-state index >= 15 is 0 Å². The normalized spacial score (nSPS) is 14.2. The number of nitrogens with zero attached hydrogens (tertiary/aromatic N) is 2. The molecule has 1 aromatic rings. The summed E-state index contributed by atoms with van der Waals surface area (Å²) in [6.45, 7) is -0.0184. The number of benzene rings is 1. The Kier molecular flexibility index (Phi) is 3.30. The molecule has 5 heteroatoms. The van der Waals surface area contributed by atoms with Crippen molar-refractivity contribution in [3.63, 3.8) is 0 Å². The van der Waals surface area contributed by atoms with Gasteiger partial charge >= 0.3 is 0 Å². The molecule has 1 aromatic carbocycles. The van der Waals surface area contributed by atoms with Crippen LogP contribution in [-0.4, -0.2) is 23.4 Å². The number of hydrogen-bond donors (Lipinski definition) is 0. The first-order chi connectivity index (χ1) is 8.13. The number of carbonyl (C=O) groups is 1. The molecule has 0 atom stereocenters. The predicted molar refractivity (Wildman–Crippen MR) is 61.1 cm³/mol. The van der Waals surface area contributed by atoms with E-state index < -0.39 is 11.7 Å². The minimum absolute atomic E-state index is 0.0184. The monoisotopic (exact) mass is 252 g/mol. The molecule has 0 unspecified atom stereocenters. The first kappa shape index (κ1) is 11.9. The fraction of sp³-hybridized carbons (Fsp3) is 0.333. The van der Waals surface area contributed by atoms with Crippen LogP contribution in [0.4, 0.5) is 4.39 Å². The second-order valence-electron chi connectivity index (χ2n) is 3.95. The molecule has 1 fully saturated rings. The minimum Gasteiger partial charge on any atom is -0.322 e. The Hall–Kier alpha value is -1.60. The highest BCUT2D eigenvalue weighted by atomic mass is 35.5. The van der Waals surface area contributed by atoms with Crippen molar-refractivity contribution in [1.82, 2.24) is 4.90 Å². The molecular weight excluding hydrogens is 243 g/mol. The van der Waals surface area contributed by atoms with Crippen LogP contribution in [0.3, 0.4) is 0 Å². The summed E-state index contributed by atoms with van der Waals surface area (Å²) >= 11 is 5.74. The summed E-state index contributed by atoms with van der Waals surface area (Å²) in [7, 11) is 0. The molecule has 1 aliphatic carbocycles. The van der Waals surface area contributed by atoms with E-state index in [-0.39, 0.29) is 18.2 Å². The fourth-order valence-electron chi connectivity index (χ4n) is 1.65. The number of amides is 1. The van der Waals surface area contributed by atoms with Gasteiger partial charge in [0.1, 0.15) is 12.4 Å². The number of halogens is 2. The van der Waals surface area contributed by atoms with E-state index in [0.717, 1.165) is 18.9 Å². The predicted octanol–water partition coefficient (Wildman–Crippen LogP) is 2.61. The minimum atomic E-state index is -0.608. The van der Waals surface area contributed by atoms with Crippen LogP contribution in [0.15, 0.2) is 18.2 Å². The van der Waals surface area contributed by atoms with E-state index in [2.05, 4.69) is 0 Å². The molecule has 0 aliphatic heterocycles. The van der Waals surface area contributed by atoms with Crippen LogP contribution in [-0.2, 0) is 0 Å². The molecule has 88 valence electrons. The van der Waals surface area contributed by atoms with Crippen molar-refractivity contribution in [2.75, 3.05) is 6.54 Å². The molecule has 0 aromatic heterocycles. The summed E-state index contributed by atoms with van der Waals surface area (Å²) in [5.41, 5.74) is -0.0698. The van der Waals surface area contributed by atoms with Crippen LogP contribution in [0.2, 0.25) is 5.02 Å². The maximum absolute atomic E-state index is 13.5.